The van der Waals surface area contributed by atoms with E-state index in [1.807, 2.05) is 30.3 Å². The number of ether oxygens (including phenoxy) is 3. The number of carbonyl (C=O) groups excluding carboxylic acids is 5. The second-order valence-electron chi connectivity index (χ2n) is 10.4. The summed E-state index contributed by atoms with van der Waals surface area (Å²) in [5, 5.41) is 7.50. The summed E-state index contributed by atoms with van der Waals surface area (Å²) in [5.74, 6) is -2.13. The Labute approximate surface area is 245 Å². The summed E-state index contributed by atoms with van der Waals surface area (Å²) in [6.07, 6.45) is -1.10. The fraction of sp³-hybridized carbons (Fsp3) is 0.433. The molecule has 0 saturated carbocycles. The normalized spacial score (nSPS) is 12.3. The number of esters is 1. The largest absolute Gasteiger partial charge is 0.489 e. The molecule has 0 bridgehead atoms. The van der Waals surface area contributed by atoms with Crippen LogP contribution in [0.5, 0.6) is 5.75 Å². The first kappa shape index (κ1) is 33.6. The molecule has 0 saturated heterocycles. The van der Waals surface area contributed by atoms with Crippen LogP contribution in [0.15, 0.2) is 54.6 Å². The van der Waals surface area contributed by atoms with Gasteiger partial charge in [-0.1, -0.05) is 42.5 Å². The first-order valence-electron chi connectivity index (χ1n) is 13.6. The highest BCUT2D eigenvalue weighted by Gasteiger charge is 2.29. The zero-order chi connectivity index (χ0) is 31.1. The van der Waals surface area contributed by atoms with Crippen molar-refractivity contribution in [1.29, 1.82) is 0 Å². The van der Waals surface area contributed by atoms with E-state index in [-0.39, 0.29) is 25.9 Å². The summed E-state index contributed by atoms with van der Waals surface area (Å²) in [5.41, 5.74) is 6.13. The number of hydrogen-bond donors (Lipinski definition) is 4. The lowest BCUT2D eigenvalue weighted by atomic mass is 10.0. The molecule has 4 amide bonds. The predicted molar refractivity (Wildman–Crippen MR) is 154 cm³/mol. The maximum absolute atomic E-state index is 13.4. The minimum atomic E-state index is -1.21. The summed E-state index contributed by atoms with van der Waals surface area (Å²) in [6.45, 7) is 6.77. The summed E-state index contributed by atoms with van der Waals surface area (Å²) >= 11 is 0. The fourth-order valence-electron chi connectivity index (χ4n) is 3.68. The molecule has 0 aromatic heterocycles. The zero-order valence-corrected chi connectivity index (χ0v) is 24.4. The summed E-state index contributed by atoms with van der Waals surface area (Å²) in [6, 6.07) is 14.3. The molecule has 0 spiro atoms. The monoisotopic (exact) mass is 584 g/mol. The Kier molecular flexibility index (Phi) is 13.3. The van der Waals surface area contributed by atoms with Gasteiger partial charge in [0.2, 0.25) is 17.7 Å². The van der Waals surface area contributed by atoms with Crippen molar-refractivity contribution in [1.82, 2.24) is 16.0 Å². The van der Waals surface area contributed by atoms with E-state index >= 15 is 0 Å². The van der Waals surface area contributed by atoms with E-state index in [4.69, 9.17) is 19.9 Å². The Morgan fingerprint density at radius 1 is 0.857 bits per heavy atom. The van der Waals surface area contributed by atoms with Gasteiger partial charge in [-0.05, 0) is 57.4 Å². The Morgan fingerprint density at radius 2 is 1.52 bits per heavy atom. The highest BCUT2D eigenvalue weighted by molar-refractivity contribution is 5.92. The molecule has 2 aromatic carbocycles. The molecule has 2 aromatic rings. The molecule has 2 rings (SSSR count). The van der Waals surface area contributed by atoms with Crippen LogP contribution in [0.2, 0.25) is 0 Å². The first-order valence-corrected chi connectivity index (χ1v) is 13.6. The van der Waals surface area contributed by atoms with Crippen LogP contribution in [0.25, 0.3) is 0 Å². The van der Waals surface area contributed by atoms with E-state index in [0.29, 0.717) is 17.9 Å². The molecule has 0 heterocycles. The molecule has 2 atom stereocenters. The molecule has 0 fully saturated rings. The first-order chi connectivity index (χ1) is 19.9. The number of nitrogens with two attached hydrogens (primary N) is 1. The van der Waals surface area contributed by atoms with Gasteiger partial charge in [0, 0.05) is 12.8 Å². The summed E-state index contributed by atoms with van der Waals surface area (Å²) in [4.78, 5) is 61.8. The maximum Gasteiger partial charge on any atom is 0.408 e. The van der Waals surface area contributed by atoms with Crippen LogP contribution in [0, 0.1) is 0 Å². The fourth-order valence-corrected chi connectivity index (χ4v) is 3.68. The number of rotatable bonds is 15. The van der Waals surface area contributed by atoms with Crippen LogP contribution in [0.4, 0.5) is 4.79 Å². The lowest BCUT2D eigenvalue weighted by Crippen LogP contribution is -2.55. The number of nitrogens with one attached hydrogen (secondary N) is 3. The smallest absolute Gasteiger partial charge is 0.408 e. The van der Waals surface area contributed by atoms with E-state index in [1.165, 1.54) is 0 Å². The van der Waals surface area contributed by atoms with Crippen molar-refractivity contribution >= 4 is 29.8 Å². The molecule has 5 N–H and O–H groups in total. The van der Waals surface area contributed by atoms with Gasteiger partial charge >= 0.3 is 12.1 Å². The molecule has 0 aliphatic heterocycles. The van der Waals surface area contributed by atoms with Gasteiger partial charge in [0.1, 0.15) is 36.6 Å². The van der Waals surface area contributed by atoms with Crippen LogP contribution in [-0.4, -0.2) is 60.6 Å². The molecular formula is C30H40N4O8. The summed E-state index contributed by atoms with van der Waals surface area (Å²) in [7, 11) is 0. The van der Waals surface area contributed by atoms with Gasteiger partial charge in [0.15, 0.2) is 0 Å². The second kappa shape index (κ2) is 16.6. The van der Waals surface area contributed by atoms with Gasteiger partial charge in [-0.15, -0.1) is 0 Å². The third-order valence-electron chi connectivity index (χ3n) is 5.64. The Bertz CT molecular complexity index is 1200. The minimum Gasteiger partial charge on any atom is -0.489 e. The number of hydrogen-bond acceptors (Lipinski definition) is 8. The van der Waals surface area contributed by atoms with Gasteiger partial charge in [0.25, 0.3) is 0 Å². The maximum atomic E-state index is 13.4. The minimum absolute atomic E-state index is 0.0526. The van der Waals surface area contributed by atoms with Crippen molar-refractivity contribution in [3.05, 3.63) is 65.7 Å². The highest BCUT2D eigenvalue weighted by Crippen LogP contribution is 2.16. The quantitative estimate of drug-likeness (QED) is 0.230. The molecular weight excluding hydrogens is 544 g/mol. The number of primary amides is 1. The third-order valence-corrected chi connectivity index (χ3v) is 5.64. The van der Waals surface area contributed by atoms with Crippen molar-refractivity contribution < 1.29 is 38.2 Å². The molecule has 42 heavy (non-hydrogen) atoms. The number of alkyl carbamates (subject to hydrolysis) is 1. The summed E-state index contributed by atoms with van der Waals surface area (Å²) < 4.78 is 15.9. The Morgan fingerprint density at radius 3 is 2.12 bits per heavy atom. The van der Waals surface area contributed by atoms with Crippen molar-refractivity contribution in [3.8, 4) is 5.75 Å². The van der Waals surface area contributed by atoms with Crippen molar-refractivity contribution in [2.75, 3.05) is 13.2 Å². The van der Waals surface area contributed by atoms with Gasteiger partial charge in [-0.3, -0.25) is 19.2 Å². The van der Waals surface area contributed by atoms with Crippen LogP contribution < -0.4 is 26.4 Å². The number of benzene rings is 2. The highest BCUT2D eigenvalue weighted by atomic mass is 16.6. The van der Waals surface area contributed by atoms with E-state index in [1.54, 1.807) is 52.0 Å². The van der Waals surface area contributed by atoms with E-state index in [9.17, 15) is 24.0 Å². The van der Waals surface area contributed by atoms with Crippen LogP contribution in [0.1, 0.15) is 51.7 Å². The van der Waals surface area contributed by atoms with Gasteiger partial charge in [-0.25, -0.2) is 4.79 Å². The molecule has 228 valence electrons. The average Bonchev–Trinajstić information content (AvgIpc) is 2.92. The molecule has 0 aliphatic carbocycles. The van der Waals surface area contributed by atoms with Gasteiger partial charge in [0.05, 0.1) is 6.61 Å². The zero-order valence-electron chi connectivity index (χ0n) is 24.4. The van der Waals surface area contributed by atoms with Crippen molar-refractivity contribution in [3.63, 3.8) is 0 Å². The third kappa shape index (κ3) is 13.2. The van der Waals surface area contributed by atoms with Crippen LogP contribution in [0.3, 0.4) is 0 Å². The molecule has 0 aliphatic rings. The van der Waals surface area contributed by atoms with E-state index in [2.05, 4.69) is 16.0 Å². The van der Waals surface area contributed by atoms with Gasteiger partial charge in [-0.2, -0.15) is 0 Å². The lowest BCUT2D eigenvalue weighted by Gasteiger charge is -2.25. The molecule has 12 nitrogen and oxygen atoms in total. The number of carbonyl (C=O) groups is 5. The Hall–Kier alpha value is -4.61. The van der Waals surface area contributed by atoms with E-state index in [0.717, 1.165) is 5.56 Å². The van der Waals surface area contributed by atoms with Crippen molar-refractivity contribution in [2.24, 2.45) is 5.73 Å². The standard InChI is InChI=1S/C30H40N4O8/c1-5-40-26(36)18-32-27(37)23(15-16-25(31)35)33-28(38)24(34-29(39)42-30(2,3)4)17-20-11-13-22(14-12-20)41-19-21-9-7-6-8-10-21/h6-14,23-24H,5,15-19H2,1-4H3,(H2,31,35)(H,32,37)(H,33,38)(H,34,39)/t23-,24-/m1/s1. The lowest BCUT2D eigenvalue weighted by molar-refractivity contribution is -0.143. The second-order valence-corrected chi connectivity index (χ2v) is 10.4. The topological polar surface area (TPSA) is 175 Å². The number of amides is 4. The predicted octanol–water partition coefficient (Wildman–Crippen LogP) is 2.13. The Balaban J connectivity index is 2.16. The molecule has 12 heteroatoms. The van der Waals surface area contributed by atoms with Gasteiger partial charge < -0.3 is 35.9 Å². The van der Waals surface area contributed by atoms with E-state index < -0.39 is 54.0 Å². The van der Waals surface area contributed by atoms with Crippen molar-refractivity contribution in [2.45, 2.75) is 71.2 Å². The van der Waals surface area contributed by atoms with Crippen LogP contribution in [-0.2, 0) is 41.7 Å². The average molecular weight is 585 g/mol. The molecule has 0 unspecified atom stereocenters. The molecule has 0 radical (unpaired) electrons. The van der Waals surface area contributed by atoms with Crippen LogP contribution >= 0.6 is 0 Å². The SMILES string of the molecule is CCOC(=O)CNC(=O)[C@@H](CCC(N)=O)NC(=O)[C@@H](Cc1ccc(OCc2ccccc2)cc1)NC(=O)OC(C)(C)C.